The summed E-state index contributed by atoms with van der Waals surface area (Å²) in [5, 5.41) is 22.0. The molecular formula is C11H8Cl2N2O5. The van der Waals surface area contributed by atoms with Crippen LogP contribution in [0.4, 0.5) is 5.69 Å². The minimum atomic E-state index is -1.37. The fraction of sp³-hybridized carbons (Fsp3) is 0.0909. The predicted octanol–water partition coefficient (Wildman–Crippen LogP) is 2.34. The largest absolute Gasteiger partial charge is 0.478 e. The van der Waals surface area contributed by atoms with Crippen LogP contribution in [0.5, 0.6) is 0 Å². The maximum atomic E-state index is 11.8. The lowest BCUT2D eigenvalue weighted by Crippen LogP contribution is -2.25. The van der Waals surface area contributed by atoms with Crippen LogP contribution in [0.2, 0.25) is 0 Å². The third-order valence-electron chi connectivity index (χ3n) is 2.17. The number of nitrogens with one attached hydrogen (secondary N) is 1. The molecule has 0 aliphatic heterocycles. The Morgan fingerprint density at radius 1 is 1.35 bits per heavy atom. The number of nitro groups is 1. The molecule has 7 nitrogen and oxygen atoms in total. The van der Waals surface area contributed by atoms with Crippen LogP contribution in [-0.2, 0) is 0 Å². The van der Waals surface area contributed by atoms with Gasteiger partial charge in [0.15, 0.2) is 0 Å². The summed E-state index contributed by atoms with van der Waals surface area (Å²) in [6.45, 7) is -0.0744. The molecule has 0 saturated heterocycles. The number of rotatable bonds is 5. The first-order valence-electron chi connectivity index (χ1n) is 5.11. The number of non-ortho nitro benzene ring substituents is 1. The molecule has 20 heavy (non-hydrogen) atoms. The maximum Gasteiger partial charge on any atom is 0.335 e. The van der Waals surface area contributed by atoms with Gasteiger partial charge < -0.3 is 10.4 Å². The number of hydrogen-bond acceptors (Lipinski definition) is 4. The normalized spacial score (nSPS) is 11.0. The van der Waals surface area contributed by atoms with Crippen molar-refractivity contribution in [3.63, 3.8) is 0 Å². The molecule has 2 N–H and O–H groups in total. The van der Waals surface area contributed by atoms with Crippen molar-refractivity contribution in [2.75, 3.05) is 6.54 Å². The molecule has 9 heteroatoms. The number of nitrogens with zero attached hydrogens (tertiary/aromatic N) is 1. The average Bonchev–Trinajstić information content (AvgIpc) is 2.43. The summed E-state index contributed by atoms with van der Waals surface area (Å²) in [5.74, 6) is -2.07. The fourth-order valence-corrected chi connectivity index (χ4v) is 1.42. The maximum absolute atomic E-state index is 11.8. The van der Waals surface area contributed by atoms with Crippen molar-refractivity contribution in [2.45, 2.75) is 0 Å². The second-order valence-corrected chi connectivity index (χ2v) is 4.27. The molecule has 1 aromatic carbocycles. The third-order valence-corrected chi connectivity index (χ3v) is 2.79. The zero-order valence-corrected chi connectivity index (χ0v) is 11.3. The van der Waals surface area contributed by atoms with Crippen molar-refractivity contribution in [1.82, 2.24) is 5.32 Å². The van der Waals surface area contributed by atoms with E-state index in [2.05, 4.69) is 5.32 Å². The Labute approximate surface area is 122 Å². The van der Waals surface area contributed by atoms with Crippen LogP contribution in [0.1, 0.15) is 20.7 Å². The summed E-state index contributed by atoms with van der Waals surface area (Å²) >= 11 is 10.9. The van der Waals surface area contributed by atoms with Gasteiger partial charge in [-0.05, 0) is 6.07 Å². The van der Waals surface area contributed by atoms with Gasteiger partial charge in [-0.1, -0.05) is 23.2 Å². The minimum Gasteiger partial charge on any atom is -0.478 e. The van der Waals surface area contributed by atoms with E-state index in [9.17, 15) is 19.7 Å². The van der Waals surface area contributed by atoms with E-state index in [0.29, 0.717) is 0 Å². The van der Waals surface area contributed by atoms with E-state index in [1.165, 1.54) is 0 Å². The Bertz CT molecular complexity index is 568. The monoisotopic (exact) mass is 318 g/mol. The molecule has 1 aromatic rings. The van der Waals surface area contributed by atoms with Crippen molar-refractivity contribution in [2.24, 2.45) is 0 Å². The number of benzene rings is 1. The Balaban J connectivity index is 3.07. The topological polar surface area (TPSA) is 110 Å². The van der Waals surface area contributed by atoms with Gasteiger partial charge in [-0.3, -0.25) is 14.9 Å². The van der Waals surface area contributed by atoms with E-state index >= 15 is 0 Å². The van der Waals surface area contributed by atoms with Gasteiger partial charge in [-0.25, -0.2) is 4.79 Å². The fourth-order valence-electron chi connectivity index (χ4n) is 1.28. The third kappa shape index (κ3) is 4.22. The second kappa shape index (κ2) is 6.88. The lowest BCUT2D eigenvalue weighted by Gasteiger charge is -2.05. The molecule has 0 atom stereocenters. The van der Waals surface area contributed by atoms with Crippen LogP contribution >= 0.6 is 23.2 Å². The summed E-state index contributed by atoms with van der Waals surface area (Å²) in [6.07, 6.45) is 0. The molecule has 0 bridgehead atoms. The Morgan fingerprint density at radius 3 is 2.45 bits per heavy atom. The first-order chi connectivity index (χ1) is 9.35. The highest BCUT2D eigenvalue weighted by atomic mass is 35.5. The summed E-state index contributed by atoms with van der Waals surface area (Å²) in [4.78, 5) is 32.5. The molecule has 0 saturated carbocycles. The van der Waals surface area contributed by atoms with Gasteiger partial charge in [0.2, 0.25) is 0 Å². The summed E-state index contributed by atoms with van der Waals surface area (Å²) < 4.78 is 0. The van der Waals surface area contributed by atoms with Gasteiger partial charge in [0.1, 0.15) is 0 Å². The number of nitro benzene ring substituents is 1. The van der Waals surface area contributed by atoms with Crippen LogP contribution < -0.4 is 5.32 Å². The number of carbonyl (C=O) groups is 2. The smallest absolute Gasteiger partial charge is 0.335 e. The first kappa shape index (κ1) is 15.9. The Kier molecular flexibility index (Phi) is 5.48. The molecule has 0 fully saturated rings. The van der Waals surface area contributed by atoms with E-state index in [-0.39, 0.29) is 22.7 Å². The zero-order valence-electron chi connectivity index (χ0n) is 9.80. The van der Waals surface area contributed by atoms with E-state index in [1.54, 1.807) is 0 Å². The van der Waals surface area contributed by atoms with Gasteiger partial charge in [0, 0.05) is 28.3 Å². The number of aromatic carboxylic acids is 1. The van der Waals surface area contributed by atoms with Crippen molar-refractivity contribution in [3.05, 3.63) is 50.0 Å². The zero-order chi connectivity index (χ0) is 15.3. The summed E-state index contributed by atoms with van der Waals surface area (Å²) in [5.41, 5.74) is 0.0471. The SMILES string of the molecule is O=C(O)c1cc(C(=O)NC/C(Cl)=C/Cl)cc([N+](=O)[O-])c1. The van der Waals surface area contributed by atoms with Gasteiger partial charge >= 0.3 is 5.97 Å². The number of carboxylic acids is 1. The number of carboxylic acid groups (broad SMARTS) is 1. The van der Waals surface area contributed by atoms with Gasteiger partial charge in [0.05, 0.1) is 17.0 Å². The molecule has 0 aliphatic carbocycles. The van der Waals surface area contributed by atoms with Crippen LogP contribution in [-0.4, -0.2) is 28.5 Å². The van der Waals surface area contributed by atoms with Gasteiger partial charge in [-0.2, -0.15) is 0 Å². The van der Waals surface area contributed by atoms with Gasteiger partial charge in [0.25, 0.3) is 11.6 Å². The number of amides is 1. The van der Waals surface area contributed by atoms with Crippen LogP contribution in [0, 0.1) is 10.1 Å². The molecule has 0 radical (unpaired) electrons. The summed E-state index contributed by atoms with van der Waals surface area (Å²) in [7, 11) is 0. The quantitative estimate of drug-likeness (QED) is 0.639. The van der Waals surface area contributed by atoms with E-state index in [4.69, 9.17) is 28.3 Å². The highest BCUT2D eigenvalue weighted by Crippen LogP contribution is 2.17. The van der Waals surface area contributed by atoms with Crippen molar-refractivity contribution < 1.29 is 19.6 Å². The molecule has 0 unspecified atom stereocenters. The van der Waals surface area contributed by atoms with Crippen molar-refractivity contribution >= 4 is 40.8 Å². The van der Waals surface area contributed by atoms with Crippen LogP contribution in [0.15, 0.2) is 28.8 Å². The minimum absolute atomic E-state index is 0.0744. The molecular weight excluding hydrogens is 311 g/mol. The number of carbonyl (C=O) groups excluding carboxylic acids is 1. The van der Waals surface area contributed by atoms with E-state index in [0.717, 1.165) is 23.7 Å². The molecule has 106 valence electrons. The molecule has 1 rings (SSSR count). The highest BCUT2D eigenvalue weighted by molar-refractivity contribution is 6.36. The number of hydrogen-bond donors (Lipinski definition) is 2. The Hall–Kier alpha value is -2.12. The molecule has 0 aromatic heterocycles. The number of halogens is 2. The molecule has 0 aliphatic rings. The standard InChI is InChI=1S/C11H8Cl2N2O5/c12-4-8(13)5-14-10(16)6-1-7(11(17)18)3-9(2-6)15(19)20/h1-4H,5H2,(H,14,16)(H,17,18)/b8-4-. The van der Waals surface area contributed by atoms with Crippen molar-refractivity contribution in [1.29, 1.82) is 0 Å². The molecule has 0 heterocycles. The van der Waals surface area contributed by atoms with Gasteiger partial charge in [-0.15, -0.1) is 0 Å². The summed E-state index contributed by atoms with van der Waals surface area (Å²) in [6, 6.07) is 2.87. The van der Waals surface area contributed by atoms with Crippen molar-refractivity contribution in [3.8, 4) is 0 Å². The lowest BCUT2D eigenvalue weighted by atomic mass is 10.1. The second-order valence-electron chi connectivity index (χ2n) is 3.57. The van der Waals surface area contributed by atoms with E-state index in [1.807, 2.05) is 0 Å². The molecule has 0 spiro atoms. The molecule has 1 amide bonds. The predicted molar refractivity (Wildman–Crippen MR) is 72.2 cm³/mol. The van der Waals surface area contributed by atoms with E-state index < -0.39 is 22.5 Å². The van der Waals surface area contributed by atoms with Crippen LogP contribution in [0.25, 0.3) is 0 Å². The average molecular weight is 319 g/mol. The highest BCUT2D eigenvalue weighted by Gasteiger charge is 2.17. The lowest BCUT2D eigenvalue weighted by molar-refractivity contribution is -0.384. The Morgan fingerprint density at radius 2 is 1.95 bits per heavy atom. The van der Waals surface area contributed by atoms with Crippen LogP contribution in [0.3, 0.4) is 0 Å². The first-order valence-corrected chi connectivity index (χ1v) is 5.92.